The van der Waals surface area contributed by atoms with E-state index in [0.29, 0.717) is 30.0 Å². The molecule has 3 heterocycles. The third-order valence-corrected chi connectivity index (χ3v) is 4.98. The number of imidazole rings is 1. The fourth-order valence-electron chi connectivity index (χ4n) is 3.60. The maximum Gasteiger partial charge on any atom is 0.330 e. The van der Waals surface area contributed by atoms with Gasteiger partial charge in [-0.2, -0.15) is 0 Å². The number of hydrogen-bond acceptors (Lipinski definition) is 4. The molecule has 0 aliphatic carbocycles. The summed E-state index contributed by atoms with van der Waals surface area (Å²) >= 11 is 0. The number of hydrogen-bond donors (Lipinski definition) is 0. The van der Waals surface area contributed by atoms with Crippen LogP contribution in [0, 0.1) is 0 Å². The van der Waals surface area contributed by atoms with Gasteiger partial charge in [0.1, 0.15) is 5.75 Å². The predicted molar refractivity (Wildman–Crippen MR) is 97.5 cm³/mol. The molecule has 0 radical (unpaired) electrons. The van der Waals surface area contributed by atoms with Gasteiger partial charge in [0.2, 0.25) is 0 Å². The van der Waals surface area contributed by atoms with Crippen molar-refractivity contribution < 1.29 is 9.53 Å². The molecule has 2 aromatic heterocycles. The fraction of sp³-hybridized carbons (Fsp3) is 0.316. The number of benzene rings is 1. The summed E-state index contributed by atoms with van der Waals surface area (Å²) in [7, 11) is 3.33. The normalized spacial score (nSPS) is 17.0. The number of rotatable bonds is 3. The third kappa shape index (κ3) is 2.56. The predicted octanol–water partition coefficient (Wildman–Crippen LogP) is 1.83. The maximum atomic E-state index is 12.8. The van der Waals surface area contributed by atoms with Gasteiger partial charge in [0.15, 0.2) is 5.65 Å². The highest BCUT2D eigenvalue weighted by molar-refractivity contribution is 5.94. The Morgan fingerprint density at radius 2 is 2.12 bits per heavy atom. The Morgan fingerprint density at radius 1 is 1.27 bits per heavy atom. The largest absolute Gasteiger partial charge is 0.497 e. The molecule has 1 aliphatic rings. The van der Waals surface area contributed by atoms with Crippen LogP contribution in [0.3, 0.4) is 0 Å². The molecule has 0 spiro atoms. The summed E-state index contributed by atoms with van der Waals surface area (Å²) in [6.07, 6.45) is 2.41. The Morgan fingerprint density at radius 3 is 2.92 bits per heavy atom. The Bertz CT molecular complexity index is 1040. The Balaban J connectivity index is 1.62. The molecule has 1 fully saturated rings. The van der Waals surface area contributed by atoms with Crippen LogP contribution in [-0.2, 0) is 7.05 Å². The molecule has 0 saturated carbocycles. The van der Waals surface area contributed by atoms with E-state index in [9.17, 15) is 9.59 Å². The number of aryl methyl sites for hydroxylation is 1. The smallest absolute Gasteiger partial charge is 0.330 e. The van der Waals surface area contributed by atoms with Crippen molar-refractivity contribution in [2.24, 2.45) is 7.05 Å². The van der Waals surface area contributed by atoms with Gasteiger partial charge in [0, 0.05) is 31.9 Å². The summed E-state index contributed by atoms with van der Waals surface area (Å²) in [5.74, 6) is 0.605. The van der Waals surface area contributed by atoms with Crippen LogP contribution in [0.5, 0.6) is 5.75 Å². The number of carbonyl (C=O) groups is 1. The first-order valence-corrected chi connectivity index (χ1v) is 8.55. The highest BCUT2D eigenvalue weighted by Gasteiger charge is 2.31. The van der Waals surface area contributed by atoms with E-state index in [1.807, 2.05) is 18.2 Å². The second-order valence-electron chi connectivity index (χ2n) is 6.48. The minimum Gasteiger partial charge on any atom is -0.497 e. The van der Waals surface area contributed by atoms with Crippen LogP contribution in [0.1, 0.15) is 22.8 Å². The zero-order valence-corrected chi connectivity index (χ0v) is 14.8. The molecular formula is C19H20N4O3. The summed E-state index contributed by atoms with van der Waals surface area (Å²) in [5.41, 5.74) is 1.96. The third-order valence-electron chi connectivity index (χ3n) is 4.98. The van der Waals surface area contributed by atoms with Crippen molar-refractivity contribution in [1.82, 2.24) is 19.0 Å². The lowest BCUT2D eigenvalue weighted by Crippen LogP contribution is -2.31. The number of nitrogens with zero attached hydrogens (tertiary/aromatic N) is 4. The van der Waals surface area contributed by atoms with Crippen LogP contribution in [-0.4, -0.2) is 45.1 Å². The molecule has 134 valence electrons. The van der Waals surface area contributed by atoms with E-state index in [4.69, 9.17) is 4.74 Å². The molecule has 3 aromatic rings. The standard InChI is InChI=1S/C19H20N4O3/c1-21-16-7-4-9-20-17(16)23(19(21)25)14-8-10-22(12-14)18(24)13-5-3-6-15(11-13)26-2/h3-7,9,11,14H,8,10,12H2,1-2H3/t14-/m1/s1. The van der Waals surface area contributed by atoms with E-state index in [-0.39, 0.29) is 17.6 Å². The lowest BCUT2D eigenvalue weighted by Gasteiger charge is -2.17. The van der Waals surface area contributed by atoms with E-state index in [0.717, 1.165) is 11.9 Å². The monoisotopic (exact) mass is 352 g/mol. The average Bonchev–Trinajstić information content (AvgIpc) is 3.25. The Labute approximate surface area is 150 Å². The first-order valence-electron chi connectivity index (χ1n) is 8.55. The van der Waals surface area contributed by atoms with Crippen LogP contribution in [0.2, 0.25) is 0 Å². The van der Waals surface area contributed by atoms with Crippen molar-refractivity contribution in [1.29, 1.82) is 0 Å². The van der Waals surface area contributed by atoms with Crippen LogP contribution >= 0.6 is 0 Å². The van der Waals surface area contributed by atoms with Gasteiger partial charge in [0.05, 0.1) is 18.7 Å². The second-order valence-corrected chi connectivity index (χ2v) is 6.48. The summed E-state index contributed by atoms with van der Waals surface area (Å²) in [6, 6.07) is 10.8. The van der Waals surface area contributed by atoms with Gasteiger partial charge in [-0.15, -0.1) is 0 Å². The van der Waals surface area contributed by atoms with E-state index >= 15 is 0 Å². The van der Waals surface area contributed by atoms with E-state index < -0.39 is 0 Å². The lowest BCUT2D eigenvalue weighted by atomic mass is 10.2. The molecule has 0 unspecified atom stereocenters. The molecule has 7 heteroatoms. The lowest BCUT2D eigenvalue weighted by molar-refractivity contribution is 0.0787. The first-order chi connectivity index (χ1) is 12.6. The molecule has 0 N–H and O–H groups in total. The zero-order chi connectivity index (χ0) is 18.3. The van der Waals surface area contributed by atoms with Crippen molar-refractivity contribution >= 4 is 17.1 Å². The number of fused-ring (bicyclic) bond motifs is 1. The van der Waals surface area contributed by atoms with Gasteiger partial charge >= 0.3 is 5.69 Å². The molecule has 1 saturated heterocycles. The van der Waals surface area contributed by atoms with Crippen molar-refractivity contribution in [3.05, 3.63) is 58.6 Å². The first kappa shape index (κ1) is 16.4. The van der Waals surface area contributed by atoms with Gasteiger partial charge in [-0.3, -0.25) is 13.9 Å². The molecule has 1 amide bonds. The highest BCUT2D eigenvalue weighted by Crippen LogP contribution is 2.25. The number of likely N-dealkylation sites (tertiary alicyclic amines) is 1. The van der Waals surface area contributed by atoms with Gasteiger partial charge in [-0.1, -0.05) is 6.07 Å². The topological polar surface area (TPSA) is 69.4 Å². The van der Waals surface area contributed by atoms with Gasteiger partial charge in [-0.05, 0) is 36.8 Å². The van der Waals surface area contributed by atoms with Crippen LogP contribution < -0.4 is 10.4 Å². The highest BCUT2D eigenvalue weighted by atomic mass is 16.5. The van der Waals surface area contributed by atoms with E-state index in [1.54, 1.807) is 52.6 Å². The van der Waals surface area contributed by atoms with Crippen LogP contribution in [0.4, 0.5) is 0 Å². The minimum absolute atomic E-state index is 0.0485. The SMILES string of the molecule is COc1cccc(C(=O)N2CC[C@@H](n3c(=O)n(C)c4cccnc43)C2)c1. The summed E-state index contributed by atoms with van der Waals surface area (Å²) in [6.45, 7) is 1.10. The number of ether oxygens (including phenoxy) is 1. The van der Waals surface area contributed by atoms with Crippen LogP contribution in [0.25, 0.3) is 11.2 Å². The number of carbonyl (C=O) groups excluding carboxylic acids is 1. The summed E-state index contributed by atoms with van der Waals surface area (Å²) < 4.78 is 8.52. The summed E-state index contributed by atoms with van der Waals surface area (Å²) in [5, 5.41) is 0. The second kappa shape index (κ2) is 6.33. The number of amides is 1. The Hall–Kier alpha value is -3.09. The molecule has 4 rings (SSSR count). The van der Waals surface area contributed by atoms with Crippen LogP contribution in [0.15, 0.2) is 47.4 Å². The van der Waals surface area contributed by atoms with E-state index in [1.165, 1.54) is 0 Å². The molecule has 7 nitrogen and oxygen atoms in total. The average molecular weight is 352 g/mol. The van der Waals surface area contributed by atoms with Gasteiger partial charge < -0.3 is 9.64 Å². The fourth-order valence-corrected chi connectivity index (χ4v) is 3.60. The van der Waals surface area contributed by atoms with Gasteiger partial charge in [0.25, 0.3) is 5.91 Å². The molecule has 0 bridgehead atoms. The van der Waals surface area contributed by atoms with Crippen molar-refractivity contribution in [2.45, 2.75) is 12.5 Å². The van der Waals surface area contributed by atoms with Crippen molar-refractivity contribution in [2.75, 3.05) is 20.2 Å². The molecule has 26 heavy (non-hydrogen) atoms. The quantitative estimate of drug-likeness (QED) is 0.721. The van der Waals surface area contributed by atoms with Gasteiger partial charge in [-0.25, -0.2) is 9.78 Å². The summed E-state index contributed by atoms with van der Waals surface area (Å²) in [4.78, 5) is 31.6. The minimum atomic E-state index is -0.0978. The van der Waals surface area contributed by atoms with E-state index in [2.05, 4.69) is 4.98 Å². The zero-order valence-electron chi connectivity index (χ0n) is 14.8. The molecule has 1 aliphatic heterocycles. The molecular weight excluding hydrogens is 332 g/mol. The number of pyridine rings is 1. The Kier molecular flexibility index (Phi) is 3.99. The molecule has 1 aromatic carbocycles. The van der Waals surface area contributed by atoms with Crippen molar-refractivity contribution in [3.63, 3.8) is 0 Å². The van der Waals surface area contributed by atoms with Crippen molar-refractivity contribution in [3.8, 4) is 5.75 Å². The maximum absolute atomic E-state index is 12.8. The number of methoxy groups -OCH3 is 1. The number of aromatic nitrogens is 3. The molecule has 1 atom stereocenters.